The zero-order valence-electron chi connectivity index (χ0n) is 15.1. The summed E-state index contributed by atoms with van der Waals surface area (Å²) in [4.78, 5) is 31.4. The van der Waals surface area contributed by atoms with Crippen LogP contribution in [0.5, 0.6) is 0 Å². The first-order valence-electron chi connectivity index (χ1n) is 8.34. The Morgan fingerprint density at radius 3 is 2.38 bits per heavy atom. The summed E-state index contributed by atoms with van der Waals surface area (Å²) in [6, 6.07) is 15.1. The average Bonchev–Trinajstić information content (AvgIpc) is 3.05. The minimum atomic E-state index is -0.238. The molecule has 2 amide bonds. The Balaban J connectivity index is 1.64. The Bertz CT molecular complexity index is 928. The van der Waals surface area contributed by atoms with E-state index in [0.717, 1.165) is 16.6 Å². The Hall–Kier alpha value is -3.28. The molecule has 3 rings (SSSR count). The van der Waals surface area contributed by atoms with E-state index in [2.05, 4.69) is 10.3 Å². The zero-order chi connectivity index (χ0) is 18.7. The largest absolute Gasteiger partial charge is 0.378 e. The minimum absolute atomic E-state index is 0.0201. The zero-order valence-corrected chi connectivity index (χ0v) is 15.1. The number of rotatable bonds is 5. The van der Waals surface area contributed by atoms with Crippen molar-refractivity contribution >= 4 is 34.1 Å². The maximum atomic E-state index is 12.6. The van der Waals surface area contributed by atoms with Gasteiger partial charge in [-0.15, -0.1) is 0 Å². The van der Waals surface area contributed by atoms with Crippen molar-refractivity contribution in [3.8, 4) is 0 Å². The van der Waals surface area contributed by atoms with E-state index in [0.29, 0.717) is 11.3 Å². The molecule has 0 bridgehead atoms. The van der Waals surface area contributed by atoms with E-state index in [1.165, 1.54) is 4.90 Å². The van der Waals surface area contributed by atoms with Crippen LogP contribution in [0.15, 0.2) is 54.7 Å². The molecule has 0 radical (unpaired) electrons. The van der Waals surface area contributed by atoms with Crippen LogP contribution >= 0.6 is 0 Å². The highest BCUT2D eigenvalue weighted by atomic mass is 16.2. The van der Waals surface area contributed by atoms with Crippen LogP contribution in [0.3, 0.4) is 0 Å². The molecule has 0 atom stereocenters. The number of aromatic nitrogens is 1. The summed E-state index contributed by atoms with van der Waals surface area (Å²) in [5, 5.41) is 3.67. The van der Waals surface area contributed by atoms with Gasteiger partial charge in [-0.2, -0.15) is 0 Å². The molecule has 26 heavy (non-hydrogen) atoms. The molecule has 0 spiro atoms. The molecular weight excluding hydrogens is 328 g/mol. The van der Waals surface area contributed by atoms with E-state index in [1.807, 2.05) is 67.5 Å². The predicted molar refractivity (Wildman–Crippen MR) is 105 cm³/mol. The van der Waals surface area contributed by atoms with Crippen molar-refractivity contribution in [1.82, 2.24) is 9.88 Å². The lowest BCUT2D eigenvalue weighted by molar-refractivity contribution is -0.116. The molecule has 3 aromatic rings. The summed E-state index contributed by atoms with van der Waals surface area (Å²) >= 11 is 0. The number of para-hydroxylation sites is 1. The van der Waals surface area contributed by atoms with E-state index < -0.39 is 0 Å². The normalized spacial score (nSPS) is 10.6. The molecule has 134 valence electrons. The molecule has 1 heterocycles. The molecule has 0 aliphatic carbocycles. The van der Waals surface area contributed by atoms with E-state index in [1.54, 1.807) is 13.2 Å². The van der Waals surface area contributed by atoms with Gasteiger partial charge < -0.3 is 20.1 Å². The third-order valence-corrected chi connectivity index (χ3v) is 4.21. The second kappa shape index (κ2) is 7.31. The highest BCUT2D eigenvalue weighted by Gasteiger charge is 2.18. The van der Waals surface area contributed by atoms with Gasteiger partial charge in [0.2, 0.25) is 5.91 Å². The summed E-state index contributed by atoms with van der Waals surface area (Å²) in [6.07, 6.45) is 1.68. The van der Waals surface area contributed by atoms with Crippen molar-refractivity contribution in [3.05, 3.63) is 60.3 Å². The number of likely N-dealkylation sites (N-methyl/N-ethyl adjacent to an activating group) is 1. The van der Waals surface area contributed by atoms with Gasteiger partial charge in [0.1, 0.15) is 0 Å². The summed E-state index contributed by atoms with van der Waals surface area (Å²) in [5.41, 5.74) is 3.21. The second-order valence-electron chi connectivity index (χ2n) is 6.40. The lowest BCUT2D eigenvalue weighted by Gasteiger charge is -2.17. The Morgan fingerprint density at radius 2 is 1.69 bits per heavy atom. The summed E-state index contributed by atoms with van der Waals surface area (Å²) in [7, 11) is 5.54. The van der Waals surface area contributed by atoms with Crippen LogP contribution in [0.4, 0.5) is 11.4 Å². The molecule has 0 saturated heterocycles. The number of nitrogens with zero attached hydrogens (tertiary/aromatic N) is 2. The van der Waals surface area contributed by atoms with Gasteiger partial charge in [-0.05, 0) is 30.3 Å². The molecule has 0 unspecified atom stereocenters. The molecule has 0 fully saturated rings. The molecule has 1 aromatic heterocycles. The lowest BCUT2D eigenvalue weighted by atomic mass is 10.1. The molecule has 2 N–H and O–H groups in total. The smallest absolute Gasteiger partial charge is 0.256 e. The summed E-state index contributed by atoms with van der Waals surface area (Å²) in [5.74, 6) is -0.432. The molecule has 6 nitrogen and oxygen atoms in total. The molecule has 0 aliphatic rings. The number of carbonyl (C=O) groups is 2. The first-order valence-corrected chi connectivity index (χ1v) is 8.34. The van der Waals surface area contributed by atoms with Gasteiger partial charge in [0.15, 0.2) is 0 Å². The van der Waals surface area contributed by atoms with Crippen LogP contribution < -0.4 is 10.2 Å². The quantitative estimate of drug-likeness (QED) is 0.743. The number of anilines is 2. The highest BCUT2D eigenvalue weighted by Crippen LogP contribution is 2.19. The molecule has 2 aromatic carbocycles. The van der Waals surface area contributed by atoms with Gasteiger partial charge in [-0.25, -0.2) is 0 Å². The molecule has 0 aliphatic heterocycles. The van der Waals surface area contributed by atoms with Gasteiger partial charge in [0.05, 0.1) is 12.1 Å². The Morgan fingerprint density at radius 1 is 1.00 bits per heavy atom. The fraction of sp³-hybridized carbons (Fsp3) is 0.200. The third-order valence-electron chi connectivity index (χ3n) is 4.21. The number of nitrogens with one attached hydrogen (secondary N) is 2. The fourth-order valence-corrected chi connectivity index (χ4v) is 2.78. The van der Waals surface area contributed by atoms with Crippen LogP contribution in [0.1, 0.15) is 10.4 Å². The van der Waals surface area contributed by atoms with Gasteiger partial charge in [0, 0.05) is 49.6 Å². The fourth-order valence-electron chi connectivity index (χ4n) is 2.78. The molecule has 6 heteroatoms. The monoisotopic (exact) mass is 350 g/mol. The summed E-state index contributed by atoms with van der Waals surface area (Å²) in [6.45, 7) is -0.0201. The standard InChI is InChI=1S/C20H22N4O2/c1-23(2)15-10-8-14(9-11-15)22-19(25)13-24(3)20(26)17-12-21-18-7-5-4-6-16(17)18/h4-12,21H,13H2,1-3H3,(H,22,25). The topological polar surface area (TPSA) is 68.4 Å². The van der Waals surface area contributed by atoms with Gasteiger partial charge >= 0.3 is 0 Å². The predicted octanol–water partition coefficient (Wildman–Crippen LogP) is 2.94. The van der Waals surface area contributed by atoms with E-state index in [9.17, 15) is 9.59 Å². The van der Waals surface area contributed by atoms with Crippen LogP contribution in [-0.4, -0.2) is 49.4 Å². The van der Waals surface area contributed by atoms with E-state index in [-0.39, 0.29) is 18.4 Å². The van der Waals surface area contributed by atoms with Gasteiger partial charge in [-0.3, -0.25) is 9.59 Å². The van der Waals surface area contributed by atoms with Crippen molar-refractivity contribution in [1.29, 1.82) is 0 Å². The number of benzene rings is 2. The second-order valence-corrected chi connectivity index (χ2v) is 6.40. The van der Waals surface area contributed by atoms with Crippen LogP contribution in [0, 0.1) is 0 Å². The average molecular weight is 350 g/mol. The maximum Gasteiger partial charge on any atom is 0.256 e. The number of fused-ring (bicyclic) bond motifs is 1. The van der Waals surface area contributed by atoms with Crippen LogP contribution in [-0.2, 0) is 4.79 Å². The summed E-state index contributed by atoms with van der Waals surface area (Å²) < 4.78 is 0. The van der Waals surface area contributed by atoms with Crippen LogP contribution in [0.2, 0.25) is 0 Å². The third kappa shape index (κ3) is 3.69. The SMILES string of the molecule is CN(CC(=O)Nc1ccc(N(C)C)cc1)C(=O)c1c[nH]c2ccccc12. The molecule has 0 saturated carbocycles. The van der Waals surface area contributed by atoms with Crippen LogP contribution in [0.25, 0.3) is 10.9 Å². The van der Waals surface area contributed by atoms with E-state index >= 15 is 0 Å². The van der Waals surface area contributed by atoms with Crippen molar-refractivity contribution in [2.24, 2.45) is 0 Å². The van der Waals surface area contributed by atoms with Gasteiger partial charge in [0.25, 0.3) is 5.91 Å². The van der Waals surface area contributed by atoms with E-state index in [4.69, 9.17) is 0 Å². The number of hydrogen-bond donors (Lipinski definition) is 2. The van der Waals surface area contributed by atoms with Crippen molar-refractivity contribution < 1.29 is 9.59 Å². The maximum absolute atomic E-state index is 12.6. The first-order chi connectivity index (χ1) is 12.5. The Kier molecular flexibility index (Phi) is 4.93. The van der Waals surface area contributed by atoms with Crippen molar-refractivity contribution in [2.45, 2.75) is 0 Å². The number of hydrogen-bond acceptors (Lipinski definition) is 3. The Labute approximate surface area is 152 Å². The lowest BCUT2D eigenvalue weighted by Crippen LogP contribution is -2.34. The number of carbonyl (C=O) groups excluding carboxylic acids is 2. The minimum Gasteiger partial charge on any atom is -0.378 e. The first kappa shape index (κ1) is 17.5. The van der Waals surface area contributed by atoms with Crippen molar-refractivity contribution in [3.63, 3.8) is 0 Å². The number of aromatic amines is 1. The molecular formula is C20H22N4O2. The van der Waals surface area contributed by atoms with Gasteiger partial charge in [-0.1, -0.05) is 18.2 Å². The number of amides is 2. The number of H-pyrrole nitrogens is 1. The van der Waals surface area contributed by atoms with Crippen molar-refractivity contribution in [2.75, 3.05) is 37.9 Å². The highest BCUT2D eigenvalue weighted by molar-refractivity contribution is 6.08.